The first-order valence-corrected chi connectivity index (χ1v) is 9.06. The van der Waals surface area contributed by atoms with Crippen LogP contribution in [-0.4, -0.2) is 50.0 Å². The monoisotopic (exact) mass is 464 g/mol. The first kappa shape index (κ1) is 22.2. The van der Waals surface area contributed by atoms with Gasteiger partial charge in [0.05, 0.1) is 6.54 Å². The third-order valence-corrected chi connectivity index (χ3v) is 4.11. The Labute approximate surface area is 168 Å². The van der Waals surface area contributed by atoms with E-state index in [1.165, 1.54) is 5.56 Å². The molecule has 0 unspecified atom stereocenters. The van der Waals surface area contributed by atoms with Gasteiger partial charge in [0.15, 0.2) is 5.96 Å². The summed E-state index contributed by atoms with van der Waals surface area (Å²) < 4.78 is 13.2. The summed E-state index contributed by atoms with van der Waals surface area (Å²) >= 11 is 0. The van der Waals surface area contributed by atoms with Gasteiger partial charge in [0, 0.05) is 59.0 Å². The Morgan fingerprint density at radius 2 is 2.16 bits per heavy atom. The van der Waals surface area contributed by atoms with E-state index >= 15 is 0 Å². The molecule has 6 nitrogen and oxygen atoms in total. The standard InChI is InChI=1S/C18H32N4O2.HI/c1-3-19-18(21-13-17-5-9-22(2)14-17)20-8-4-10-24-15-16-6-11-23-12-7-16;/h5,9,14,16H,3-4,6-8,10-13,15H2,1-2H3,(H2,19,20,21);1H. The average molecular weight is 464 g/mol. The fourth-order valence-electron chi connectivity index (χ4n) is 2.71. The van der Waals surface area contributed by atoms with E-state index in [9.17, 15) is 0 Å². The van der Waals surface area contributed by atoms with Crippen LogP contribution in [0.15, 0.2) is 23.5 Å². The lowest BCUT2D eigenvalue weighted by atomic mass is 10.0. The van der Waals surface area contributed by atoms with E-state index in [0.29, 0.717) is 12.5 Å². The molecule has 1 aliphatic heterocycles. The molecule has 1 aliphatic rings. The van der Waals surface area contributed by atoms with Crippen molar-refractivity contribution in [2.24, 2.45) is 18.0 Å². The van der Waals surface area contributed by atoms with Gasteiger partial charge in [0.1, 0.15) is 0 Å². The summed E-state index contributed by atoms with van der Waals surface area (Å²) in [5, 5.41) is 6.65. The predicted octanol–water partition coefficient (Wildman–Crippen LogP) is 2.53. The molecule has 0 atom stereocenters. The van der Waals surface area contributed by atoms with Gasteiger partial charge < -0.3 is 24.7 Å². The molecule has 1 aromatic heterocycles. The maximum Gasteiger partial charge on any atom is 0.191 e. The minimum Gasteiger partial charge on any atom is -0.381 e. The summed E-state index contributed by atoms with van der Waals surface area (Å²) in [7, 11) is 2.02. The SMILES string of the molecule is CCNC(=NCc1ccn(C)c1)NCCCOCC1CCOCC1.I. The molecule has 0 aliphatic carbocycles. The Hall–Kier alpha value is -0.800. The number of guanidine groups is 1. The minimum atomic E-state index is 0. The third kappa shape index (κ3) is 9.46. The zero-order valence-electron chi connectivity index (χ0n) is 15.5. The molecule has 0 aromatic carbocycles. The van der Waals surface area contributed by atoms with Crippen LogP contribution in [0.1, 0.15) is 31.7 Å². The molecule has 7 heteroatoms. The maximum atomic E-state index is 5.79. The van der Waals surface area contributed by atoms with Crippen molar-refractivity contribution in [3.8, 4) is 0 Å². The summed E-state index contributed by atoms with van der Waals surface area (Å²) in [6.45, 7) is 7.94. The lowest BCUT2D eigenvalue weighted by Crippen LogP contribution is -2.38. The van der Waals surface area contributed by atoms with Crippen molar-refractivity contribution in [3.05, 3.63) is 24.0 Å². The molecule has 0 bridgehead atoms. The van der Waals surface area contributed by atoms with Crippen LogP contribution in [0.5, 0.6) is 0 Å². The second kappa shape index (κ2) is 13.4. The Balaban J connectivity index is 0.00000312. The van der Waals surface area contributed by atoms with Crippen LogP contribution in [0.2, 0.25) is 0 Å². The summed E-state index contributed by atoms with van der Waals surface area (Å²) in [6.07, 6.45) is 7.39. The van der Waals surface area contributed by atoms with Crippen LogP contribution in [0.3, 0.4) is 0 Å². The molecule has 0 spiro atoms. The number of aliphatic imine (C=N–C) groups is 1. The van der Waals surface area contributed by atoms with E-state index in [-0.39, 0.29) is 24.0 Å². The van der Waals surface area contributed by atoms with Gasteiger partial charge in [-0.1, -0.05) is 0 Å². The van der Waals surface area contributed by atoms with Crippen molar-refractivity contribution in [2.45, 2.75) is 32.7 Å². The zero-order valence-corrected chi connectivity index (χ0v) is 17.8. The van der Waals surface area contributed by atoms with E-state index in [0.717, 1.165) is 64.7 Å². The summed E-state index contributed by atoms with van der Waals surface area (Å²) in [5.41, 5.74) is 1.22. The second-order valence-corrected chi connectivity index (χ2v) is 6.29. The number of nitrogens with zero attached hydrogens (tertiary/aromatic N) is 2. The fraction of sp³-hybridized carbons (Fsp3) is 0.722. The molecule has 2 heterocycles. The molecular formula is C18H33IN4O2. The summed E-state index contributed by atoms with van der Waals surface area (Å²) in [4.78, 5) is 4.61. The Bertz CT molecular complexity index is 487. The highest BCUT2D eigenvalue weighted by Gasteiger charge is 2.13. The summed E-state index contributed by atoms with van der Waals surface area (Å²) in [6, 6.07) is 2.09. The number of hydrogen-bond acceptors (Lipinski definition) is 3. The number of halogens is 1. The smallest absolute Gasteiger partial charge is 0.191 e. The van der Waals surface area contributed by atoms with Gasteiger partial charge in [0.25, 0.3) is 0 Å². The maximum absolute atomic E-state index is 5.79. The number of hydrogen-bond donors (Lipinski definition) is 2. The van der Waals surface area contributed by atoms with E-state index in [1.54, 1.807) is 0 Å². The highest BCUT2D eigenvalue weighted by molar-refractivity contribution is 14.0. The Morgan fingerprint density at radius 3 is 2.84 bits per heavy atom. The van der Waals surface area contributed by atoms with E-state index in [2.05, 4.69) is 34.8 Å². The number of ether oxygens (including phenoxy) is 2. The molecule has 25 heavy (non-hydrogen) atoms. The quantitative estimate of drug-likeness (QED) is 0.255. The van der Waals surface area contributed by atoms with Crippen LogP contribution in [0, 0.1) is 5.92 Å². The van der Waals surface area contributed by atoms with Gasteiger partial charge in [-0.3, -0.25) is 0 Å². The Kier molecular flexibility index (Phi) is 11.9. The molecule has 0 saturated carbocycles. The van der Waals surface area contributed by atoms with E-state index in [1.807, 2.05) is 17.8 Å². The van der Waals surface area contributed by atoms with Gasteiger partial charge >= 0.3 is 0 Å². The largest absolute Gasteiger partial charge is 0.381 e. The number of aromatic nitrogens is 1. The van der Waals surface area contributed by atoms with Crippen molar-refractivity contribution in [2.75, 3.05) is 39.5 Å². The van der Waals surface area contributed by atoms with Gasteiger partial charge in [-0.15, -0.1) is 24.0 Å². The highest BCUT2D eigenvalue weighted by atomic mass is 127. The van der Waals surface area contributed by atoms with Crippen LogP contribution >= 0.6 is 24.0 Å². The molecule has 2 N–H and O–H groups in total. The van der Waals surface area contributed by atoms with Gasteiger partial charge in [-0.2, -0.15) is 0 Å². The molecule has 1 saturated heterocycles. The van der Waals surface area contributed by atoms with Gasteiger partial charge in [-0.25, -0.2) is 4.99 Å². The molecule has 0 radical (unpaired) electrons. The first-order valence-electron chi connectivity index (χ1n) is 9.06. The van der Waals surface area contributed by atoms with E-state index in [4.69, 9.17) is 9.47 Å². The molecule has 2 rings (SSSR count). The van der Waals surface area contributed by atoms with Crippen molar-refractivity contribution >= 4 is 29.9 Å². The van der Waals surface area contributed by atoms with Crippen LogP contribution in [0.25, 0.3) is 0 Å². The highest BCUT2D eigenvalue weighted by Crippen LogP contribution is 2.14. The topological polar surface area (TPSA) is 59.8 Å². The van der Waals surface area contributed by atoms with Crippen LogP contribution in [-0.2, 0) is 23.1 Å². The third-order valence-electron chi connectivity index (χ3n) is 4.11. The van der Waals surface area contributed by atoms with Gasteiger partial charge in [0.2, 0.25) is 0 Å². The fourth-order valence-corrected chi connectivity index (χ4v) is 2.71. The average Bonchev–Trinajstić information content (AvgIpc) is 3.02. The molecule has 1 fully saturated rings. The number of aryl methyl sites for hydroxylation is 1. The second-order valence-electron chi connectivity index (χ2n) is 6.29. The van der Waals surface area contributed by atoms with Crippen LogP contribution in [0.4, 0.5) is 0 Å². The van der Waals surface area contributed by atoms with Crippen molar-refractivity contribution in [3.63, 3.8) is 0 Å². The normalized spacial score (nSPS) is 15.7. The Morgan fingerprint density at radius 1 is 1.36 bits per heavy atom. The molecular weight excluding hydrogens is 431 g/mol. The molecule has 0 amide bonds. The minimum absolute atomic E-state index is 0. The van der Waals surface area contributed by atoms with Gasteiger partial charge in [-0.05, 0) is 43.7 Å². The number of nitrogens with one attached hydrogen (secondary N) is 2. The summed E-state index contributed by atoms with van der Waals surface area (Å²) in [5.74, 6) is 1.54. The predicted molar refractivity (Wildman–Crippen MR) is 113 cm³/mol. The van der Waals surface area contributed by atoms with Crippen molar-refractivity contribution < 1.29 is 9.47 Å². The lowest BCUT2D eigenvalue weighted by molar-refractivity contribution is 0.0203. The van der Waals surface area contributed by atoms with Crippen molar-refractivity contribution in [1.29, 1.82) is 0 Å². The number of rotatable bonds is 9. The molecule has 144 valence electrons. The zero-order chi connectivity index (χ0) is 17.0. The van der Waals surface area contributed by atoms with Crippen LogP contribution < -0.4 is 10.6 Å². The van der Waals surface area contributed by atoms with E-state index < -0.39 is 0 Å². The first-order chi connectivity index (χ1) is 11.8. The van der Waals surface area contributed by atoms with Crippen molar-refractivity contribution in [1.82, 2.24) is 15.2 Å². The lowest BCUT2D eigenvalue weighted by Gasteiger charge is -2.21. The molecule has 1 aromatic rings.